The fraction of sp³-hybridized carbons (Fsp3) is 0.786. The van der Waals surface area contributed by atoms with Gasteiger partial charge in [-0.15, -0.1) is 0 Å². The van der Waals surface area contributed by atoms with Crippen molar-refractivity contribution >= 4 is 23.1 Å². The highest BCUT2D eigenvalue weighted by atomic mass is 127. The van der Waals surface area contributed by atoms with E-state index in [1.54, 1.807) is 0 Å². The number of unbranched alkanes of at least 4 members (excludes halogenated alkanes) is 12. The smallest absolute Gasteiger partial charge is 0.198 e. The zero-order valence-electron chi connectivity index (χ0n) is 21.3. The van der Waals surface area contributed by atoms with Gasteiger partial charge < -0.3 is 24.0 Å². The van der Waals surface area contributed by atoms with Gasteiger partial charge >= 0.3 is 0 Å². The first kappa shape index (κ1) is 34.3. The van der Waals surface area contributed by atoms with Crippen LogP contribution in [0.25, 0.3) is 0 Å². The Morgan fingerprint density at radius 1 is 0.545 bits per heavy atom. The van der Waals surface area contributed by atoms with Crippen molar-refractivity contribution in [2.24, 2.45) is 0 Å². The minimum Gasteiger partial charge on any atom is -1.00 e. The van der Waals surface area contributed by atoms with Crippen LogP contribution in [-0.2, 0) is 19.2 Å². The van der Waals surface area contributed by atoms with Gasteiger partial charge in [-0.1, -0.05) is 76.9 Å². The van der Waals surface area contributed by atoms with E-state index in [0.29, 0.717) is 43.7 Å². The minimum atomic E-state index is -0.364. The molecule has 0 radical (unpaired) electrons. The van der Waals surface area contributed by atoms with Gasteiger partial charge in [0.1, 0.15) is 11.6 Å². The molecule has 0 aliphatic carbocycles. The molecule has 0 unspecified atom stereocenters. The number of Topliss-reactive ketones (excluding diaryl/α,β-unsaturated/α-hetero) is 4. The van der Waals surface area contributed by atoms with Crippen molar-refractivity contribution in [1.29, 1.82) is 0 Å². The molecule has 0 atom stereocenters. The molecule has 0 N–H and O–H groups in total. The van der Waals surface area contributed by atoms with Crippen molar-refractivity contribution in [3.05, 3.63) is 12.2 Å². The molecule has 4 nitrogen and oxygen atoms in total. The van der Waals surface area contributed by atoms with Crippen LogP contribution in [0.15, 0.2) is 12.2 Å². The second kappa shape index (κ2) is 25.8. The van der Waals surface area contributed by atoms with Gasteiger partial charge in [0.15, 0.2) is 11.6 Å². The van der Waals surface area contributed by atoms with E-state index in [-0.39, 0.29) is 35.5 Å². The van der Waals surface area contributed by atoms with Crippen LogP contribution in [0.1, 0.15) is 142 Å². The van der Waals surface area contributed by atoms with E-state index in [1.807, 2.05) is 6.08 Å². The molecule has 0 aliphatic rings. The topological polar surface area (TPSA) is 68.3 Å². The zero-order chi connectivity index (χ0) is 23.9. The summed E-state index contributed by atoms with van der Waals surface area (Å²) >= 11 is 0. The predicted octanol–water partition coefficient (Wildman–Crippen LogP) is 4.66. The molecule has 33 heavy (non-hydrogen) atoms. The fourth-order valence-corrected chi connectivity index (χ4v) is 3.74. The van der Waals surface area contributed by atoms with Gasteiger partial charge in [0.2, 0.25) is 0 Å². The average Bonchev–Trinajstić information content (AvgIpc) is 2.76. The van der Waals surface area contributed by atoms with E-state index in [2.05, 4.69) is 13.0 Å². The molecular formula is C28H48IO4-. The second-order valence-corrected chi connectivity index (χ2v) is 9.12. The standard InChI is InChI=1S/C28H48O4.HI/c1-3-4-5-6-7-8-9-10-11-15-20-26(30)22-17-14-18-23-27(31)21-16-12-13-19-24-28(32)25(2)29;/h11,15H,3-10,12-14,16-24H2,1-2H3;1H/p-1/b15-11+;. The van der Waals surface area contributed by atoms with E-state index in [4.69, 9.17) is 0 Å². The van der Waals surface area contributed by atoms with Gasteiger partial charge in [-0.3, -0.25) is 19.2 Å². The van der Waals surface area contributed by atoms with Crippen LogP contribution in [0.4, 0.5) is 0 Å². The van der Waals surface area contributed by atoms with Crippen LogP contribution in [-0.4, -0.2) is 23.1 Å². The summed E-state index contributed by atoms with van der Waals surface area (Å²) in [5.74, 6) is -0.0592. The third-order valence-corrected chi connectivity index (χ3v) is 5.90. The Balaban J connectivity index is 0. The van der Waals surface area contributed by atoms with E-state index in [9.17, 15) is 19.2 Å². The highest BCUT2D eigenvalue weighted by Gasteiger charge is 2.07. The van der Waals surface area contributed by atoms with Gasteiger partial charge in [0.05, 0.1) is 0 Å². The maximum atomic E-state index is 11.9. The average molecular weight is 576 g/mol. The Kier molecular flexibility index (Phi) is 26.8. The molecule has 5 heteroatoms. The Labute approximate surface area is 220 Å². The number of rotatable bonds is 24. The SMILES string of the molecule is CCCCCCCCC/C=C/CC(=O)CCCCCC(=O)CCCCCCC(=O)C(C)=O.[I-]. The maximum Gasteiger partial charge on any atom is 0.198 e. The van der Waals surface area contributed by atoms with E-state index in [1.165, 1.54) is 51.9 Å². The lowest BCUT2D eigenvalue weighted by molar-refractivity contribution is -0.135. The molecule has 0 aromatic heterocycles. The first-order chi connectivity index (χ1) is 15.5. The summed E-state index contributed by atoms with van der Waals surface area (Å²) < 4.78 is 0. The van der Waals surface area contributed by atoms with Crippen molar-refractivity contribution < 1.29 is 43.2 Å². The molecular weight excluding hydrogens is 527 g/mol. The number of carbonyl (C=O) groups is 4. The molecule has 0 saturated heterocycles. The van der Waals surface area contributed by atoms with Crippen LogP contribution >= 0.6 is 0 Å². The molecule has 0 spiro atoms. The van der Waals surface area contributed by atoms with Gasteiger partial charge in [-0.25, -0.2) is 0 Å². The van der Waals surface area contributed by atoms with Crippen LogP contribution in [0.3, 0.4) is 0 Å². The molecule has 0 aromatic rings. The van der Waals surface area contributed by atoms with Crippen molar-refractivity contribution in [1.82, 2.24) is 0 Å². The molecule has 0 rings (SSSR count). The minimum absolute atomic E-state index is 0. The summed E-state index contributed by atoms with van der Waals surface area (Å²) in [5.41, 5.74) is 0. The van der Waals surface area contributed by atoms with Crippen LogP contribution in [0, 0.1) is 0 Å². The van der Waals surface area contributed by atoms with Crippen LogP contribution in [0.2, 0.25) is 0 Å². The first-order valence-corrected chi connectivity index (χ1v) is 13.2. The molecule has 0 bridgehead atoms. The predicted molar refractivity (Wildman–Crippen MR) is 133 cm³/mol. The summed E-state index contributed by atoms with van der Waals surface area (Å²) in [6.45, 7) is 3.55. The van der Waals surface area contributed by atoms with E-state index >= 15 is 0 Å². The highest BCUT2D eigenvalue weighted by molar-refractivity contribution is 6.36. The largest absolute Gasteiger partial charge is 1.00 e. The number of halogens is 1. The fourth-order valence-electron chi connectivity index (χ4n) is 3.74. The van der Waals surface area contributed by atoms with Crippen molar-refractivity contribution in [2.75, 3.05) is 0 Å². The van der Waals surface area contributed by atoms with Crippen molar-refractivity contribution in [3.8, 4) is 0 Å². The van der Waals surface area contributed by atoms with Gasteiger partial charge in [0.25, 0.3) is 0 Å². The quantitative estimate of drug-likeness (QED) is 0.0727. The Hall–Kier alpha value is -0.850. The van der Waals surface area contributed by atoms with Crippen molar-refractivity contribution in [3.63, 3.8) is 0 Å². The van der Waals surface area contributed by atoms with E-state index < -0.39 is 0 Å². The van der Waals surface area contributed by atoms with Gasteiger partial charge in [-0.05, 0) is 38.5 Å². The first-order valence-electron chi connectivity index (χ1n) is 13.2. The summed E-state index contributed by atoms with van der Waals surface area (Å²) in [5, 5.41) is 0. The zero-order valence-corrected chi connectivity index (χ0v) is 23.5. The third kappa shape index (κ3) is 25.6. The monoisotopic (exact) mass is 575 g/mol. The molecule has 0 heterocycles. The summed E-state index contributed by atoms with van der Waals surface area (Å²) in [6, 6.07) is 0. The molecule has 0 saturated carbocycles. The summed E-state index contributed by atoms with van der Waals surface area (Å²) in [6.07, 6.45) is 23.3. The molecule has 0 fully saturated rings. The number of hydrogen-bond acceptors (Lipinski definition) is 4. The highest BCUT2D eigenvalue weighted by Crippen LogP contribution is 2.11. The van der Waals surface area contributed by atoms with Crippen LogP contribution in [0.5, 0.6) is 0 Å². The lowest BCUT2D eigenvalue weighted by Gasteiger charge is -2.02. The van der Waals surface area contributed by atoms with Crippen LogP contribution < -0.4 is 24.0 Å². The number of carbonyl (C=O) groups excluding carboxylic acids is 4. The number of ketones is 4. The summed E-state index contributed by atoms with van der Waals surface area (Å²) in [4.78, 5) is 45.9. The number of allylic oxidation sites excluding steroid dienone is 2. The Morgan fingerprint density at radius 2 is 1.00 bits per heavy atom. The lowest BCUT2D eigenvalue weighted by atomic mass is 10.0. The lowest BCUT2D eigenvalue weighted by Crippen LogP contribution is -3.00. The maximum absolute atomic E-state index is 11.9. The Morgan fingerprint density at radius 3 is 1.58 bits per heavy atom. The van der Waals surface area contributed by atoms with Crippen molar-refractivity contribution in [2.45, 2.75) is 142 Å². The molecule has 0 aromatic carbocycles. The van der Waals surface area contributed by atoms with E-state index in [0.717, 1.165) is 51.4 Å². The normalized spacial score (nSPS) is 10.8. The van der Waals surface area contributed by atoms with Gasteiger partial charge in [-0.2, -0.15) is 0 Å². The Bertz CT molecular complexity index is 554. The molecule has 0 amide bonds. The van der Waals surface area contributed by atoms with Gasteiger partial charge in [0, 0.05) is 39.0 Å². The number of hydrogen-bond donors (Lipinski definition) is 0. The molecule has 192 valence electrons. The molecule has 0 aliphatic heterocycles. The summed E-state index contributed by atoms with van der Waals surface area (Å²) in [7, 11) is 0. The third-order valence-electron chi connectivity index (χ3n) is 5.90. The second-order valence-electron chi connectivity index (χ2n) is 9.12.